The summed E-state index contributed by atoms with van der Waals surface area (Å²) in [5, 5.41) is 4.44. The van der Waals surface area contributed by atoms with Gasteiger partial charge in [-0.05, 0) is 93.1 Å². The molecule has 1 amide bonds. The molecular weight excluding hydrogens is 466 g/mol. The van der Waals surface area contributed by atoms with Crippen LogP contribution in [0, 0.1) is 13.8 Å². The van der Waals surface area contributed by atoms with Gasteiger partial charge in [0.25, 0.3) is 0 Å². The Morgan fingerprint density at radius 2 is 1.77 bits per heavy atom. The van der Waals surface area contributed by atoms with Crippen LogP contribution in [0.2, 0.25) is 5.02 Å². The first-order chi connectivity index (χ1) is 16.9. The molecule has 2 heterocycles. The Kier molecular flexibility index (Phi) is 7.57. The van der Waals surface area contributed by atoms with Crippen molar-refractivity contribution in [2.24, 2.45) is 5.10 Å². The average Bonchev–Trinajstić information content (AvgIpc) is 3.46. The molecule has 180 valence electrons. The third-order valence-corrected chi connectivity index (χ3v) is 5.56. The Labute approximate surface area is 208 Å². The molecule has 0 radical (unpaired) electrons. The number of hydrazone groups is 1. The van der Waals surface area contributed by atoms with Crippen molar-refractivity contribution in [1.29, 1.82) is 0 Å². The van der Waals surface area contributed by atoms with E-state index >= 15 is 0 Å². The van der Waals surface area contributed by atoms with E-state index in [1.54, 1.807) is 30.3 Å². The van der Waals surface area contributed by atoms with Crippen LogP contribution < -0.4 is 14.9 Å². The van der Waals surface area contributed by atoms with E-state index in [2.05, 4.69) is 41.1 Å². The number of aryl methyl sites for hydroxylation is 2. The maximum atomic E-state index is 12.3. The minimum absolute atomic E-state index is 0.138. The van der Waals surface area contributed by atoms with E-state index in [0.717, 1.165) is 11.3 Å². The van der Waals surface area contributed by atoms with Crippen LogP contribution in [0.3, 0.4) is 0 Å². The molecule has 0 unspecified atom stereocenters. The minimum Gasteiger partial charge on any atom is -0.492 e. The van der Waals surface area contributed by atoms with Crippen molar-refractivity contribution in [3.05, 3.63) is 100 Å². The number of hydrogen-bond donors (Lipinski definition) is 1. The van der Waals surface area contributed by atoms with Crippen LogP contribution in [-0.2, 0) is 6.61 Å². The smallest absolute Gasteiger partial charge is 0.307 e. The van der Waals surface area contributed by atoms with Gasteiger partial charge in [0, 0.05) is 17.1 Å². The lowest BCUT2D eigenvalue weighted by atomic mass is 10.2. The van der Waals surface area contributed by atoms with Crippen LogP contribution in [0.15, 0.2) is 76.2 Å². The average molecular weight is 492 g/mol. The second-order valence-corrected chi connectivity index (χ2v) is 8.23. The molecular formula is C27H26ClN3O4. The van der Waals surface area contributed by atoms with E-state index in [9.17, 15) is 4.79 Å². The number of amides is 1. The highest BCUT2D eigenvalue weighted by Gasteiger charge is 2.11. The predicted octanol–water partition coefficient (Wildman–Crippen LogP) is 6.08. The van der Waals surface area contributed by atoms with Crippen LogP contribution in [0.1, 0.15) is 40.2 Å². The van der Waals surface area contributed by atoms with Gasteiger partial charge in [0.05, 0.1) is 17.8 Å². The number of aromatic nitrogens is 1. The molecule has 4 aromatic rings. The summed E-state index contributed by atoms with van der Waals surface area (Å²) in [5.74, 6) is 1.50. The number of nitrogens with one attached hydrogen (secondary N) is 1. The molecule has 8 heteroatoms. The van der Waals surface area contributed by atoms with Crippen molar-refractivity contribution in [2.75, 3.05) is 6.61 Å². The van der Waals surface area contributed by atoms with Crippen molar-refractivity contribution < 1.29 is 18.7 Å². The number of furan rings is 1. The van der Waals surface area contributed by atoms with Crippen molar-refractivity contribution >= 4 is 23.7 Å². The Hall–Kier alpha value is -3.97. The van der Waals surface area contributed by atoms with Crippen molar-refractivity contribution in [3.63, 3.8) is 0 Å². The number of hydrogen-bond acceptors (Lipinski definition) is 5. The number of nitrogens with zero attached hydrogens (tertiary/aromatic N) is 2. The molecule has 7 nitrogen and oxygen atoms in total. The molecule has 4 rings (SSSR count). The highest BCUT2D eigenvalue weighted by molar-refractivity contribution is 6.32. The molecule has 0 aliphatic rings. The van der Waals surface area contributed by atoms with E-state index in [4.69, 9.17) is 25.5 Å². The van der Waals surface area contributed by atoms with E-state index in [1.165, 1.54) is 17.6 Å². The fraction of sp³-hybridized carbons (Fsp3) is 0.185. The van der Waals surface area contributed by atoms with Crippen LogP contribution >= 0.6 is 11.6 Å². The molecule has 0 atom stereocenters. The van der Waals surface area contributed by atoms with Gasteiger partial charge in [0.1, 0.15) is 23.9 Å². The second-order valence-electron chi connectivity index (χ2n) is 7.82. The molecule has 0 spiro atoms. The van der Waals surface area contributed by atoms with Gasteiger partial charge < -0.3 is 18.5 Å². The van der Waals surface area contributed by atoms with Crippen LogP contribution in [-0.4, -0.2) is 23.3 Å². The van der Waals surface area contributed by atoms with E-state index in [-0.39, 0.29) is 12.4 Å². The Morgan fingerprint density at radius 1 is 1.03 bits per heavy atom. The van der Waals surface area contributed by atoms with Gasteiger partial charge in [-0.2, -0.15) is 5.10 Å². The molecule has 0 saturated carbocycles. The number of carbonyl (C=O) groups excluding carboxylic acids is 1. The fourth-order valence-electron chi connectivity index (χ4n) is 3.59. The monoisotopic (exact) mass is 491 g/mol. The molecule has 0 saturated heterocycles. The molecule has 35 heavy (non-hydrogen) atoms. The Balaban J connectivity index is 1.30. The quantitative estimate of drug-likeness (QED) is 0.227. The summed E-state index contributed by atoms with van der Waals surface area (Å²) in [6.07, 6.45) is 1.49. The molecule has 1 N–H and O–H groups in total. The van der Waals surface area contributed by atoms with Crippen LogP contribution in [0.4, 0.5) is 0 Å². The number of ether oxygens (including phenoxy) is 2. The van der Waals surface area contributed by atoms with Gasteiger partial charge in [-0.25, -0.2) is 5.43 Å². The summed E-state index contributed by atoms with van der Waals surface area (Å²) in [6.45, 7) is 6.76. The topological polar surface area (TPSA) is 78.0 Å². The first-order valence-electron chi connectivity index (χ1n) is 11.2. The lowest BCUT2D eigenvalue weighted by Crippen LogP contribution is -2.16. The van der Waals surface area contributed by atoms with Gasteiger partial charge in [-0.1, -0.05) is 11.6 Å². The largest absolute Gasteiger partial charge is 0.492 e. The highest BCUT2D eigenvalue weighted by atomic mass is 35.5. The Bertz CT molecular complexity index is 1320. The van der Waals surface area contributed by atoms with Gasteiger partial charge in [0.15, 0.2) is 5.76 Å². The van der Waals surface area contributed by atoms with E-state index < -0.39 is 5.91 Å². The van der Waals surface area contributed by atoms with Gasteiger partial charge in [-0.3, -0.25) is 4.79 Å². The maximum absolute atomic E-state index is 12.3. The van der Waals surface area contributed by atoms with Gasteiger partial charge in [0.2, 0.25) is 0 Å². The summed E-state index contributed by atoms with van der Waals surface area (Å²) in [7, 11) is 0. The molecule has 2 aromatic carbocycles. The van der Waals surface area contributed by atoms with Gasteiger partial charge >= 0.3 is 5.91 Å². The standard InChI is InChI=1S/C27H26ClN3O4/c1-4-33-25-13-7-20(15-24(25)28)16-29-30-27(32)26-14-12-23(35-26)17-34-22-10-8-21(9-11-22)31-18(2)5-6-19(31)3/h5-16H,4,17H2,1-3H3,(H,30,32). The van der Waals surface area contributed by atoms with Crippen molar-refractivity contribution in [1.82, 2.24) is 9.99 Å². The first kappa shape index (κ1) is 24.2. The van der Waals surface area contributed by atoms with E-state index in [0.29, 0.717) is 28.9 Å². The van der Waals surface area contributed by atoms with Crippen molar-refractivity contribution in [2.45, 2.75) is 27.4 Å². The first-order valence-corrected chi connectivity index (χ1v) is 11.5. The SMILES string of the molecule is CCOc1ccc(C=NNC(=O)c2ccc(COc3ccc(-n4c(C)ccc4C)cc3)o2)cc1Cl. The minimum atomic E-state index is -0.466. The third kappa shape index (κ3) is 5.94. The molecule has 0 aliphatic heterocycles. The van der Waals surface area contributed by atoms with Gasteiger partial charge in [-0.15, -0.1) is 0 Å². The molecule has 0 aliphatic carbocycles. The summed E-state index contributed by atoms with van der Waals surface area (Å²) in [4.78, 5) is 12.3. The molecule has 0 fully saturated rings. The molecule has 2 aromatic heterocycles. The lowest BCUT2D eigenvalue weighted by molar-refractivity contribution is 0.0923. The second kappa shape index (κ2) is 11.0. The third-order valence-electron chi connectivity index (χ3n) is 5.27. The zero-order valence-electron chi connectivity index (χ0n) is 19.7. The predicted molar refractivity (Wildman–Crippen MR) is 136 cm³/mol. The zero-order chi connectivity index (χ0) is 24.8. The number of halogens is 1. The van der Waals surface area contributed by atoms with Crippen LogP contribution in [0.5, 0.6) is 11.5 Å². The maximum Gasteiger partial charge on any atom is 0.307 e. The zero-order valence-corrected chi connectivity index (χ0v) is 20.5. The highest BCUT2D eigenvalue weighted by Crippen LogP contribution is 2.25. The Morgan fingerprint density at radius 3 is 2.46 bits per heavy atom. The molecule has 0 bridgehead atoms. The lowest BCUT2D eigenvalue weighted by Gasteiger charge is -2.10. The summed E-state index contributed by atoms with van der Waals surface area (Å²) < 4.78 is 19.0. The fourth-order valence-corrected chi connectivity index (χ4v) is 3.83. The summed E-state index contributed by atoms with van der Waals surface area (Å²) in [5.41, 5.74) is 6.58. The van der Waals surface area contributed by atoms with Crippen LogP contribution in [0.25, 0.3) is 5.69 Å². The van der Waals surface area contributed by atoms with Crippen molar-refractivity contribution in [3.8, 4) is 17.2 Å². The number of carbonyl (C=O) groups is 1. The normalized spacial score (nSPS) is 11.1. The summed E-state index contributed by atoms with van der Waals surface area (Å²) in [6, 6.07) is 20.5. The van der Waals surface area contributed by atoms with E-state index in [1.807, 2.05) is 31.2 Å². The number of benzene rings is 2. The number of rotatable bonds is 9. The summed E-state index contributed by atoms with van der Waals surface area (Å²) >= 11 is 6.16.